The second-order valence-corrected chi connectivity index (χ2v) is 10.3. The molecule has 2 heterocycles. The minimum absolute atomic E-state index is 0.107. The summed E-state index contributed by atoms with van der Waals surface area (Å²) in [7, 11) is 3.88. The number of rotatable bonds is 11. The van der Waals surface area contributed by atoms with Crippen molar-refractivity contribution in [2.75, 3.05) is 26.0 Å². The zero-order chi connectivity index (χ0) is 27.8. The Hall–Kier alpha value is -3.52. The van der Waals surface area contributed by atoms with Gasteiger partial charge in [-0.3, -0.25) is 4.79 Å². The van der Waals surface area contributed by atoms with Crippen LogP contribution >= 0.6 is 23.2 Å². The van der Waals surface area contributed by atoms with Crippen molar-refractivity contribution in [1.29, 1.82) is 0 Å². The van der Waals surface area contributed by atoms with E-state index < -0.39 is 0 Å². The van der Waals surface area contributed by atoms with Crippen molar-refractivity contribution in [3.8, 4) is 5.75 Å². The van der Waals surface area contributed by atoms with Gasteiger partial charge in [-0.15, -0.1) is 0 Å². The minimum Gasteiger partial charge on any atom is -0.487 e. The van der Waals surface area contributed by atoms with Crippen molar-refractivity contribution < 1.29 is 9.53 Å². The van der Waals surface area contributed by atoms with E-state index in [-0.39, 0.29) is 11.8 Å². The molecular formula is C30H31Cl2N5O2. The molecule has 0 saturated heterocycles. The lowest BCUT2D eigenvalue weighted by Crippen LogP contribution is -2.13. The van der Waals surface area contributed by atoms with Gasteiger partial charge in [0, 0.05) is 28.9 Å². The van der Waals surface area contributed by atoms with Crippen LogP contribution in [0.1, 0.15) is 36.1 Å². The Labute approximate surface area is 238 Å². The van der Waals surface area contributed by atoms with Gasteiger partial charge in [-0.2, -0.15) is 0 Å². The standard InChI is InChI=1S/C30H31Cl2N5O2/c1-4-22(13-20-10-11-27(25(32)15-20)39-18-21-7-5-8-23(31)14-21)30-24-16-28(33-17-26(24)34-19-35-30)36-29(38)9-6-12-37(2)3/h5-11,14-17,19,22H,4,12-13,18H2,1-3H3,(H,33,36,38)/b9-6+. The van der Waals surface area contributed by atoms with Crippen LogP contribution in [0.4, 0.5) is 5.82 Å². The SMILES string of the molecule is CCC(Cc1ccc(OCc2cccc(Cl)c2)c(Cl)c1)c1ncnc2cnc(NC(=O)/C=C/CN(C)C)cc12. The molecular weight excluding hydrogens is 533 g/mol. The number of pyridine rings is 1. The van der Waals surface area contributed by atoms with E-state index in [1.54, 1.807) is 18.6 Å². The maximum atomic E-state index is 12.3. The maximum Gasteiger partial charge on any atom is 0.249 e. The van der Waals surface area contributed by atoms with Crippen LogP contribution in [0.5, 0.6) is 5.75 Å². The molecule has 1 unspecified atom stereocenters. The highest BCUT2D eigenvalue weighted by molar-refractivity contribution is 6.32. The van der Waals surface area contributed by atoms with Crippen LogP contribution in [0.25, 0.3) is 10.9 Å². The molecule has 0 fully saturated rings. The van der Waals surface area contributed by atoms with E-state index in [0.717, 1.165) is 40.6 Å². The number of aromatic nitrogens is 3. The van der Waals surface area contributed by atoms with Crippen LogP contribution in [0, 0.1) is 0 Å². The average molecular weight is 565 g/mol. The topological polar surface area (TPSA) is 80.2 Å². The van der Waals surface area contributed by atoms with E-state index in [1.165, 1.54) is 6.08 Å². The van der Waals surface area contributed by atoms with Gasteiger partial charge in [0.2, 0.25) is 5.91 Å². The summed E-state index contributed by atoms with van der Waals surface area (Å²) in [6.07, 6.45) is 8.12. The summed E-state index contributed by atoms with van der Waals surface area (Å²) < 4.78 is 5.93. The first kappa shape index (κ1) is 28.5. The number of likely N-dealkylation sites (N-methyl/N-ethyl adjacent to an activating group) is 1. The van der Waals surface area contributed by atoms with E-state index in [9.17, 15) is 4.79 Å². The van der Waals surface area contributed by atoms with Gasteiger partial charge in [0.15, 0.2) is 0 Å². The average Bonchev–Trinajstić information content (AvgIpc) is 2.91. The third-order valence-electron chi connectivity index (χ3n) is 6.18. The Morgan fingerprint density at radius 2 is 1.92 bits per heavy atom. The van der Waals surface area contributed by atoms with Gasteiger partial charge >= 0.3 is 0 Å². The van der Waals surface area contributed by atoms with Crippen molar-refractivity contribution in [3.63, 3.8) is 0 Å². The van der Waals surface area contributed by atoms with E-state index in [4.69, 9.17) is 27.9 Å². The molecule has 0 bridgehead atoms. The lowest BCUT2D eigenvalue weighted by atomic mass is 9.91. The van der Waals surface area contributed by atoms with Gasteiger partial charge in [0.1, 0.15) is 24.5 Å². The number of hydrogen-bond donors (Lipinski definition) is 1. The monoisotopic (exact) mass is 563 g/mol. The number of hydrogen-bond acceptors (Lipinski definition) is 6. The number of benzene rings is 2. The van der Waals surface area contributed by atoms with Crippen molar-refractivity contribution in [1.82, 2.24) is 19.9 Å². The second-order valence-electron chi connectivity index (χ2n) is 9.49. The smallest absolute Gasteiger partial charge is 0.249 e. The van der Waals surface area contributed by atoms with Gasteiger partial charge in [-0.05, 0) is 68.4 Å². The molecule has 0 spiro atoms. The molecule has 1 amide bonds. The molecule has 39 heavy (non-hydrogen) atoms. The van der Waals surface area contributed by atoms with Gasteiger partial charge in [0.25, 0.3) is 0 Å². The third-order valence-corrected chi connectivity index (χ3v) is 6.72. The highest BCUT2D eigenvalue weighted by Gasteiger charge is 2.18. The molecule has 1 atom stereocenters. The zero-order valence-corrected chi connectivity index (χ0v) is 23.7. The quantitative estimate of drug-likeness (QED) is 0.204. The summed E-state index contributed by atoms with van der Waals surface area (Å²) in [6.45, 7) is 3.18. The molecule has 0 aliphatic heterocycles. The summed E-state index contributed by atoms with van der Waals surface area (Å²) in [6, 6.07) is 15.3. The number of ether oxygens (including phenoxy) is 1. The van der Waals surface area contributed by atoms with E-state index in [1.807, 2.05) is 67.5 Å². The number of nitrogens with one attached hydrogen (secondary N) is 1. The molecule has 0 radical (unpaired) electrons. The fraction of sp³-hybridized carbons (Fsp3) is 0.267. The normalized spacial score (nSPS) is 12.3. The lowest BCUT2D eigenvalue weighted by Gasteiger charge is -2.17. The Morgan fingerprint density at radius 1 is 1.08 bits per heavy atom. The van der Waals surface area contributed by atoms with Crippen LogP contribution < -0.4 is 10.1 Å². The number of fused-ring (bicyclic) bond motifs is 1. The Kier molecular flexibility index (Phi) is 9.87. The van der Waals surface area contributed by atoms with Gasteiger partial charge in [-0.25, -0.2) is 15.0 Å². The summed E-state index contributed by atoms with van der Waals surface area (Å²) in [5.41, 5.74) is 3.67. The van der Waals surface area contributed by atoms with Crippen molar-refractivity contribution in [2.45, 2.75) is 32.3 Å². The Bertz CT molecular complexity index is 1480. The molecule has 2 aromatic carbocycles. The lowest BCUT2D eigenvalue weighted by molar-refractivity contribution is -0.111. The summed E-state index contributed by atoms with van der Waals surface area (Å²) in [4.78, 5) is 27.7. The summed E-state index contributed by atoms with van der Waals surface area (Å²) >= 11 is 12.7. The molecule has 2 aromatic heterocycles. The first-order chi connectivity index (χ1) is 18.8. The molecule has 1 N–H and O–H groups in total. The molecule has 4 rings (SSSR count). The fourth-order valence-corrected chi connectivity index (χ4v) is 4.68. The largest absolute Gasteiger partial charge is 0.487 e. The van der Waals surface area contributed by atoms with E-state index >= 15 is 0 Å². The number of carbonyl (C=O) groups excluding carboxylic acids is 1. The van der Waals surface area contributed by atoms with Crippen LogP contribution in [-0.2, 0) is 17.8 Å². The first-order valence-electron chi connectivity index (χ1n) is 12.7. The van der Waals surface area contributed by atoms with Crippen molar-refractivity contribution >= 4 is 45.8 Å². The molecule has 9 heteroatoms. The number of carbonyl (C=O) groups is 1. The number of anilines is 1. The minimum atomic E-state index is -0.235. The van der Waals surface area contributed by atoms with Crippen molar-refractivity contribution in [2.24, 2.45) is 0 Å². The molecule has 0 aliphatic carbocycles. The number of halogens is 2. The highest BCUT2D eigenvalue weighted by Crippen LogP contribution is 2.32. The second kappa shape index (κ2) is 13.5. The molecule has 4 aromatic rings. The summed E-state index contributed by atoms with van der Waals surface area (Å²) in [5.74, 6) is 0.946. The number of amides is 1. The molecule has 7 nitrogen and oxygen atoms in total. The predicted molar refractivity (Wildman–Crippen MR) is 158 cm³/mol. The maximum absolute atomic E-state index is 12.3. The fourth-order valence-electron chi connectivity index (χ4n) is 4.21. The predicted octanol–water partition coefficient (Wildman–Crippen LogP) is 6.70. The Morgan fingerprint density at radius 3 is 2.67 bits per heavy atom. The first-order valence-corrected chi connectivity index (χ1v) is 13.5. The van der Waals surface area contributed by atoms with Gasteiger partial charge < -0.3 is 15.0 Å². The van der Waals surface area contributed by atoms with Crippen LogP contribution in [0.15, 0.2) is 73.2 Å². The van der Waals surface area contributed by atoms with Crippen LogP contribution in [0.3, 0.4) is 0 Å². The van der Waals surface area contributed by atoms with Gasteiger partial charge in [-0.1, -0.05) is 54.4 Å². The van der Waals surface area contributed by atoms with Crippen LogP contribution in [0.2, 0.25) is 10.0 Å². The molecule has 0 aliphatic rings. The zero-order valence-electron chi connectivity index (χ0n) is 22.2. The Balaban J connectivity index is 1.49. The highest BCUT2D eigenvalue weighted by atomic mass is 35.5. The molecule has 202 valence electrons. The van der Waals surface area contributed by atoms with E-state index in [2.05, 4.69) is 27.2 Å². The third kappa shape index (κ3) is 7.99. The van der Waals surface area contributed by atoms with Gasteiger partial charge in [0.05, 0.1) is 22.4 Å². The van der Waals surface area contributed by atoms with Crippen molar-refractivity contribution in [3.05, 3.63) is 100 Å². The number of nitrogens with zero attached hydrogens (tertiary/aromatic N) is 4. The van der Waals surface area contributed by atoms with Crippen LogP contribution in [-0.4, -0.2) is 46.4 Å². The molecule has 0 saturated carbocycles. The van der Waals surface area contributed by atoms with E-state index in [0.29, 0.717) is 34.8 Å². The summed E-state index contributed by atoms with van der Waals surface area (Å²) in [5, 5.41) is 4.91.